The van der Waals surface area contributed by atoms with Gasteiger partial charge in [-0.2, -0.15) is 13.2 Å². The van der Waals surface area contributed by atoms with Crippen LogP contribution in [0, 0.1) is 5.92 Å². The molecule has 2 saturated heterocycles. The highest BCUT2D eigenvalue weighted by molar-refractivity contribution is 6.30. The number of hydrogen-bond donors (Lipinski definition) is 2. The second kappa shape index (κ2) is 12.2. The van der Waals surface area contributed by atoms with Gasteiger partial charge < -0.3 is 15.1 Å². The molecule has 3 aliphatic heterocycles. The number of amides is 3. The molecule has 6 rings (SSSR count). The molecule has 0 saturated carbocycles. The van der Waals surface area contributed by atoms with E-state index in [2.05, 4.69) is 15.6 Å². The lowest BCUT2D eigenvalue weighted by Gasteiger charge is -2.34. The molecule has 8 nitrogen and oxygen atoms in total. The van der Waals surface area contributed by atoms with E-state index in [4.69, 9.17) is 11.6 Å². The van der Waals surface area contributed by atoms with E-state index in [-0.39, 0.29) is 24.1 Å². The third-order valence-electron chi connectivity index (χ3n) is 8.59. The highest BCUT2D eigenvalue weighted by atomic mass is 35.5. The molecule has 2 N–H and O–H groups in total. The zero-order valence-electron chi connectivity index (χ0n) is 23.8. The molecule has 0 aliphatic carbocycles. The van der Waals surface area contributed by atoms with E-state index in [0.29, 0.717) is 66.8 Å². The van der Waals surface area contributed by atoms with E-state index in [0.717, 1.165) is 30.0 Å². The molecular formula is C32H31ClF3N5O3. The van der Waals surface area contributed by atoms with Gasteiger partial charge in [-0.15, -0.1) is 0 Å². The predicted octanol–water partition coefficient (Wildman–Crippen LogP) is 5.19. The SMILES string of the molecule is O=C1CCC(N2Cc3cc(CNCC4CCN(c5ncc(-c6cccc(Cl)c6)cc5C(F)(F)F)CC4)ccc3C2=O)C(=O)N1. The molecule has 12 heteroatoms. The summed E-state index contributed by atoms with van der Waals surface area (Å²) in [6, 6.07) is 12.8. The van der Waals surface area contributed by atoms with E-state index in [1.165, 1.54) is 11.1 Å². The molecule has 1 atom stereocenters. The van der Waals surface area contributed by atoms with E-state index in [1.54, 1.807) is 35.2 Å². The fraction of sp³-hybridized carbons (Fsp3) is 0.375. The van der Waals surface area contributed by atoms with Crippen molar-refractivity contribution in [1.82, 2.24) is 20.5 Å². The van der Waals surface area contributed by atoms with Gasteiger partial charge in [-0.3, -0.25) is 19.7 Å². The van der Waals surface area contributed by atoms with Crippen LogP contribution in [0.25, 0.3) is 11.1 Å². The second-order valence-corrected chi connectivity index (χ2v) is 12.0. The number of piperidine rings is 2. The van der Waals surface area contributed by atoms with Crippen LogP contribution in [-0.2, 0) is 28.9 Å². The Balaban J connectivity index is 1.03. The van der Waals surface area contributed by atoms with Gasteiger partial charge in [-0.25, -0.2) is 4.98 Å². The maximum Gasteiger partial charge on any atom is 0.419 e. The fourth-order valence-corrected chi connectivity index (χ4v) is 6.44. The first-order valence-corrected chi connectivity index (χ1v) is 15.0. The van der Waals surface area contributed by atoms with Crippen LogP contribution in [0.15, 0.2) is 54.7 Å². The standard InChI is InChI=1S/C32H31ClF3N5O3/c33-24-3-1-2-21(13-24)22-14-26(32(34,35)36)29(38-17-22)40-10-8-19(9-11-40)15-37-16-20-4-5-25-23(12-20)18-41(31(25)44)27-6-7-28(42)39-30(27)43/h1-5,12-14,17,19,27,37H,6-11,15-16,18H2,(H,39,42,43). The van der Waals surface area contributed by atoms with Gasteiger partial charge >= 0.3 is 6.18 Å². The third kappa shape index (κ3) is 6.30. The zero-order chi connectivity index (χ0) is 31.0. The van der Waals surface area contributed by atoms with Crippen LogP contribution in [0.1, 0.15) is 52.7 Å². The quantitative estimate of drug-likeness (QED) is 0.351. The first kappa shape index (κ1) is 30.1. The molecule has 3 aliphatic rings. The molecule has 0 bridgehead atoms. The molecule has 0 spiro atoms. The smallest absolute Gasteiger partial charge is 0.356 e. The van der Waals surface area contributed by atoms with Gasteiger partial charge in [0.15, 0.2) is 0 Å². The molecule has 2 aromatic carbocycles. The van der Waals surface area contributed by atoms with Gasteiger partial charge in [0.1, 0.15) is 11.9 Å². The number of pyridine rings is 1. The lowest BCUT2D eigenvalue weighted by molar-refractivity contribution is -0.138. The Morgan fingerprint density at radius 2 is 1.80 bits per heavy atom. The van der Waals surface area contributed by atoms with Crippen LogP contribution in [0.4, 0.5) is 19.0 Å². The molecule has 1 unspecified atom stereocenters. The minimum Gasteiger partial charge on any atom is -0.356 e. The van der Waals surface area contributed by atoms with Gasteiger partial charge in [0.25, 0.3) is 5.91 Å². The maximum atomic E-state index is 14.1. The second-order valence-electron chi connectivity index (χ2n) is 11.6. The number of anilines is 1. The van der Waals surface area contributed by atoms with Crippen molar-refractivity contribution < 1.29 is 27.6 Å². The van der Waals surface area contributed by atoms with Gasteiger partial charge in [0.05, 0.1) is 5.56 Å². The summed E-state index contributed by atoms with van der Waals surface area (Å²) in [4.78, 5) is 44.2. The van der Waals surface area contributed by atoms with E-state index >= 15 is 0 Å². The van der Waals surface area contributed by atoms with Crippen LogP contribution in [0.2, 0.25) is 5.02 Å². The van der Waals surface area contributed by atoms with Crippen molar-refractivity contribution in [2.24, 2.45) is 5.92 Å². The number of carbonyl (C=O) groups is 3. The molecule has 1 aromatic heterocycles. The molecular weight excluding hydrogens is 595 g/mol. The molecule has 3 amide bonds. The van der Waals surface area contributed by atoms with E-state index in [9.17, 15) is 27.6 Å². The number of nitrogens with one attached hydrogen (secondary N) is 2. The Kier molecular flexibility index (Phi) is 8.34. The molecule has 2 fully saturated rings. The summed E-state index contributed by atoms with van der Waals surface area (Å²) in [6.07, 6.45) is -1.10. The van der Waals surface area contributed by atoms with Crippen LogP contribution in [-0.4, -0.2) is 53.3 Å². The summed E-state index contributed by atoms with van der Waals surface area (Å²) in [5.74, 6) is -0.710. The predicted molar refractivity (Wildman–Crippen MR) is 159 cm³/mol. The van der Waals surface area contributed by atoms with Crippen molar-refractivity contribution in [3.8, 4) is 11.1 Å². The topological polar surface area (TPSA) is 94.6 Å². The number of carbonyl (C=O) groups excluding carboxylic acids is 3. The summed E-state index contributed by atoms with van der Waals surface area (Å²) >= 11 is 6.04. The normalized spacial score (nSPS) is 19.4. The van der Waals surface area contributed by atoms with Gasteiger partial charge in [0.2, 0.25) is 11.8 Å². The average Bonchev–Trinajstić information content (AvgIpc) is 3.32. The number of hydrogen-bond acceptors (Lipinski definition) is 6. The average molecular weight is 626 g/mol. The summed E-state index contributed by atoms with van der Waals surface area (Å²) in [7, 11) is 0. The van der Waals surface area contributed by atoms with Crippen molar-refractivity contribution in [3.05, 3.63) is 82.0 Å². The Hall–Kier alpha value is -3.96. The Morgan fingerprint density at radius 3 is 2.52 bits per heavy atom. The summed E-state index contributed by atoms with van der Waals surface area (Å²) in [5.41, 5.74) is 2.60. The Morgan fingerprint density at radius 1 is 1.00 bits per heavy atom. The minimum absolute atomic E-state index is 0.0475. The highest BCUT2D eigenvalue weighted by Crippen LogP contribution is 2.39. The van der Waals surface area contributed by atoms with Crippen molar-refractivity contribution >= 4 is 35.1 Å². The lowest BCUT2D eigenvalue weighted by Crippen LogP contribution is -2.52. The van der Waals surface area contributed by atoms with Crippen molar-refractivity contribution in [3.63, 3.8) is 0 Å². The van der Waals surface area contributed by atoms with Gasteiger partial charge in [-0.05, 0) is 72.7 Å². The van der Waals surface area contributed by atoms with Crippen LogP contribution in [0.5, 0.6) is 0 Å². The fourth-order valence-electron chi connectivity index (χ4n) is 6.25. The number of aromatic nitrogens is 1. The van der Waals surface area contributed by atoms with Crippen molar-refractivity contribution in [1.29, 1.82) is 0 Å². The number of nitrogens with zero attached hydrogens (tertiary/aromatic N) is 3. The lowest BCUT2D eigenvalue weighted by atomic mass is 9.96. The van der Waals surface area contributed by atoms with Crippen LogP contribution < -0.4 is 15.5 Å². The minimum atomic E-state index is -4.55. The first-order valence-electron chi connectivity index (χ1n) is 14.6. The van der Waals surface area contributed by atoms with Crippen LogP contribution >= 0.6 is 11.6 Å². The molecule has 0 radical (unpaired) electrons. The number of benzene rings is 2. The molecule has 4 heterocycles. The Labute approximate surface area is 257 Å². The van der Waals surface area contributed by atoms with E-state index < -0.39 is 23.7 Å². The third-order valence-corrected chi connectivity index (χ3v) is 8.83. The van der Waals surface area contributed by atoms with Crippen molar-refractivity contribution in [2.75, 3.05) is 24.5 Å². The monoisotopic (exact) mass is 625 g/mol. The number of rotatable bonds is 7. The number of halogens is 4. The van der Waals surface area contributed by atoms with E-state index in [1.807, 2.05) is 12.1 Å². The largest absolute Gasteiger partial charge is 0.419 e. The highest BCUT2D eigenvalue weighted by Gasteiger charge is 2.39. The zero-order valence-corrected chi connectivity index (χ0v) is 24.5. The van der Waals surface area contributed by atoms with Crippen LogP contribution in [0.3, 0.4) is 0 Å². The number of fused-ring (bicyclic) bond motifs is 1. The van der Waals surface area contributed by atoms with Gasteiger partial charge in [-0.1, -0.05) is 35.9 Å². The first-order chi connectivity index (χ1) is 21.1. The molecule has 230 valence electrons. The van der Waals surface area contributed by atoms with Gasteiger partial charge in [0, 0.05) is 54.9 Å². The number of imide groups is 1. The summed E-state index contributed by atoms with van der Waals surface area (Å²) in [6.45, 7) is 2.54. The summed E-state index contributed by atoms with van der Waals surface area (Å²) < 4.78 is 42.2. The Bertz CT molecular complexity index is 1610. The molecule has 3 aromatic rings. The number of alkyl halides is 3. The van der Waals surface area contributed by atoms with Crippen molar-refractivity contribution in [2.45, 2.75) is 51.0 Å². The maximum absolute atomic E-state index is 14.1. The molecule has 44 heavy (non-hydrogen) atoms. The summed E-state index contributed by atoms with van der Waals surface area (Å²) in [5, 5.41) is 6.21.